The van der Waals surface area contributed by atoms with Crippen molar-refractivity contribution in [1.29, 1.82) is 0 Å². The number of aldehydes is 1. The van der Waals surface area contributed by atoms with Gasteiger partial charge in [0.1, 0.15) is 24.2 Å². The van der Waals surface area contributed by atoms with Crippen molar-refractivity contribution in [2.45, 2.75) is 32.2 Å². The van der Waals surface area contributed by atoms with Gasteiger partial charge in [-0.05, 0) is 32.1 Å². The molecule has 0 saturated heterocycles. The molecule has 0 bridgehead atoms. The highest BCUT2D eigenvalue weighted by Gasteiger charge is 2.34. The van der Waals surface area contributed by atoms with Crippen molar-refractivity contribution in [2.75, 3.05) is 20.8 Å². The Hall–Kier alpha value is -3.42. The number of carbonyl (C=O) groups excluding carboxylic acids is 3. The van der Waals surface area contributed by atoms with Gasteiger partial charge in [0, 0.05) is 18.8 Å². The number of para-hydroxylation sites is 1. The van der Waals surface area contributed by atoms with E-state index in [1.165, 1.54) is 32.2 Å². The smallest absolute Gasteiger partial charge is 0.459 e. The zero-order valence-electron chi connectivity index (χ0n) is 20.0. The number of ether oxygens (including phenoxy) is 2. The number of nitrogens with zero attached hydrogens (tertiary/aromatic N) is 1. The minimum atomic E-state index is -4.03. The highest BCUT2D eigenvalue weighted by atomic mass is 31.2. The van der Waals surface area contributed by atoms with Gasteiger partial charge in [0.2, 0.25) is 0 Å². The van der Waals surface area contributed by atoms with Crippen molar-refractivity contribution in [3.05, 3.63) is 54.3 Å². The van der Waals surface area contributed by atoms with Crippen LogP contribution in [0.3, 0.4) is 0 Å². The van der Waals surface area contributed by atoms with E-state index in [1.807, 2.05) is 0 Å². The van der Waals surface area contributed by atoms with Gasteiger partial charge < -0.3 is 19.3 Å². The second-order valence-electron chi connectivity index (χ2n) is 6.97. The van der Waals surface area contributed by atoms with Gasteiger partial charge in [-0.25, -0.2) is 9.36 Å². The van der Waals surface area contributed by atoms with Crippen molar-refractivity contribution in [3.63, 3.8) is 0 Å². The maximum absolute atomic E-state index is 13.4. The van der Waals surface area contributed by atoms with E-state index in [1.54, 1.807) is 49.4 Å². The molecule has 0 aliphatic carbocycles. The molecule has 0 aromatic heterocycles. The average Bonchev–Trinajstić information content (AvgIpc) is 3.35. The lowest BCUT2D eigenvalue weighted by Crippen LogP contribution is -2.42. The van der Waals surface area contributed by atoms with E-state index in [0.717, 1.165) is 0 Å². The van der Waals surface area contributed by atoms with Gasteiger partial charge in [-0.15, -0.1) is 12.8 Å². The lowest BCUT2D eigenvalue weighted by molar-refractivity contribution is -0.142. The van der Waals surface area contributed by atoms with Gasteiger partial charge in [-0.1, -0.05) is 24.3 Å². The minimum Gasteiger partial charge on any atom is -0.468 e. The Balaban J connectivity index is 0.00000298. The quantitative estimate of drug-likeness (QED) is 0.116. The molecule has 12 heteroatoms. The molecule has 1 heterocycles. The fourth-order valence-electron chi connectivity index (χ4n) is 2.72. The number of hydrogen-bond acceptors (Lipinski definition) is 8. The highest BCUT2D eigenvalue weighted by molar-refractivity contribution is 7.52. The lowest BCUT2D eigenvalue weighted by atomic mass is 10.3. The maximum Gasteiger partial charge on any atom is 0.459 e. The van der Waals surface area contributed by atoms with Crippen molar-refractivity contribution in [1.82, 2.24) is 15.3 Å². The zero-order chi connectivity index (χ0) is 26.4. The topological polar surface area (TPSA) is 132 Å². The van der Waals surface area contributed by atoms with Crippen LogP contribution in [0.5, 0.6) is 5.75 Å². The number of urea groups is 1. The molecule has 1 aliphatic heterocycles. The number of allylic oxidation sites excluding steroid dienone is 1. The normalized spacial score (nSPS) is 19.3. The van der Waals surface area contributed by atoms with E-state index in [9.17, 15) is 18.9 Å². The molecule has 2 rings (SSSR count). The summed E-state index contributed by atoms with van der Waals surface area (Å²) in [5.74, 6) is -0.377. The van der Waals surface area contributed by atoms with Crippen LogP contribution in [0.1, 0.15) is 13.8 Å². The zero-order valence-corrected chi connectivity index (χ0v) is 20.8. The molecule has 1 aromatic carbocycles. The summed E-state index contributed by atoms with van der Waals surface area (Å²) in [6.45, 7) is 2.80. The molecule has 1 aromatic rings. The molecular weight excluding hydrogens is 477 g/mol. The molecule has 0 radical (unpaired) electrons. The SMILES string of the molecule is C#C.CNC(=O)N(/C=C(/C)C=O)C1C=CC(COP(=O)(N[C@@H](C)C(=O)OC)Oc2ccccc2)O1. The van der Waals surface area contributed by atoms with Crippen LogP contribution >= 0.6 is 7.75 Å². The molecule has 0 fully saturated rings. The predicted octanol–water partition coefficient (Wildman–Crippen LogP) is 2.62. The van der Waals surface area contributed by atoms with Crippen LogP contribution < -0.4 is 14.9 Å². The molecule has 0 spiro atoms. The average molecular weight is 507 g/mol. The predicted molar refractivity (Wildman–Crippen MR) is 129 cm³/mol. The van der Waals surface area contributed by atoms with Crippen molar-refractivity contribution < 1.29 is 37.5 Å². The standard InChI is InChI=1S/C21H28N3O8P.C2H2/c1-15(13-25)12-24(21(27)22-3)19-11-10-18(31-19)14-30-33(28,23-16(2)20(26)29-4)32-17-8-6-5-7-9-17;1-2/h5-13,16,18-19H,14H2,1-4H3,(H,22,27)(H,23,28);1-2H/b15-12-;/t16-,18?,19?,33?;/m0./s1. The largest absolute Gasteiger partial charge is 0.468 e. The molecule has 35 heavy (non-hydrogen) atoms. The number of terminal acetylenes is 1. The number of hydrogen-bond donors (Lipinski definition) is 2. The summed E-state index contributed by atoms with van der Waals surface area (Å²) in [6.07, 6.45) is 11.7. The van der Waals surface area contributed by atoms with Gasteiger partial charge in [0.15, 0.2) is 6.23 Å². The van der Waals surface area contributed by atoms with Crippen LogP contribution in [0, 0.1) is 12.8 Å². The Morgan fingerprint density at radius 1 is 1.26 bits per heavy atom. The molecule has 11 nitrogen and oxygen atoms in total. The third kappa shape index (κ3) is 9.39. The molecule has 0 saturated carbocycles. The summed E-state index contributed by atoms with van der Waals surface area (Å²) in [6, 6.07) is 6.87. The summed E-state index contributed by atoms with van der Waals surface area (Å²) in [4.78, 5) is 36.1. The number of benzene rings is 1. The third-order valence-corrected chi connectivity index (χ3v) is 5.98. The fraction of sp³-hybridized carbons (Fsp3) is 0.348. The van der Waals surface area contributed by atoms with Gasteiger partial charge in [-0.2, -0.15) is 5.09 Å². The Morgan fingerprint density at radius 3 is 2.49 bits per heavy atom. The summed E-state index contributed by atoms with van der Waals surface area (Å²) < 4.78 is 34.9. The lowest BCUT2D eigenvalue weighted by Gasteiger charge is -2.26. The molecule has 190 valence electrons. The summed E-state index contributed by atoms with van der Waals surface area (Å²) >= 11 is 0. The number of nitrogens with one attached hydrogen (secondary N) is 2. The van der Waals surface area contributed by atoms with E-state index >= 15 is 0 Å². The van der Waals surface area contributed by atoms with Crippen molar-refractivity contribution in [2.24, 2.45) is 0 Å². The monoisotopic (exact) mass is 507 g/mol. The highest BCUT2D eigenvalue weighted by Crippen LogP contribution is 2.45. The molecule has 4 atom stereocenters. The maximum atomic E-state index is 13.4. The second-order valence-corrected chi connectivity index (χ2v) is 8.67. The molecule has 3 unspecified atom stereocenters. The Bertz CT molecular complexity index is 979. The minimum absolute atomic E-state index is 0.212. The van der Waals surface area contributed by atoms with Gasteiger partial charge >= 0.3 is 19.7 Å². The summed E-state index contributed by atoms with van der Waals surface area (Å²) in [5, 5.41) is 5.02. The van der Waals surface area contributed by atoms with Crippen LogP contribution in [-0.4, -0.2) is 62.3 Å². The first-order chi connectivity index (χ1) is 16.7. The molecule has 2 N–H and O–H groups in total. The van der Waals surface area contributed by atoms with E-state index in [2.05, 4.69) is 28.0 Å². The first kappa shape index (κ1) is 29.6. The number of carbonyl (C=O) groups is 3. The van der Waals surface area contributed by atoms with E-state index in [-0.39, 0.29) is 12.4 Å². The first-order valence-corrected chi connectivity index (χ1v) is 11.9. The second kappa shape index (κ2) is 14.8. The number of rotatable bonds is 11. The van der Waals surface area contributed by atoms with Crippen LogP contribution in [0.25, 0.3) is 0 Å². The van der Waals surface area contributed by atoms with E-state index < -0.39 is 38.1 Å². The molecule has 1 aliphatic rings. The van der Waals surface area contributed by atoms with Gasteiger partial charge in [0.05, 0.1) is 13.7 Å². The summed E-state index contributed by atoms with van der Waals surface area (Å²) in [7, 11) is -1.37. The van der Waals surface area contributed by atoms with Crippen LogP contribution in [0.2, 0.25) is 0 Å². The van der Waals surface area contributed by atoms with Gasteiger partial charge in [-0.3, -0.25) is 19.0 Å². The van der Waals surface area contributed by atoms with E-state index in [4.69, 9.17) is 13.8 Å². The molecular formula is C23H30N3O8P. The van der Waals surface area contributed by atoms with E-state index in [0.29, 0.717) is 11.9 Å². The fourth-order valence-corrected chi connectivity index (χ4v) is 4.22. The summed E-state index contributed by atoms with van der Waals surface area (Å²) in [5.41, 5.74) is 0.317. The van der Waals surface area contributed by atoms with Crippen molar-refractivity contribution in [3.8, 4) is 18.6 Å². The van der Waals surface area contributed by atoms with Crippen LogP contribution in [0.4, 0.5) is 4.79 Å². The van der Waals surface area contributed by atoms with Gasteiger partial charge in [0.25, 0.3) is 0 Å². The first-order valence-electron chi connectivity index (χ1n) is 10.4. The Kier molecular flexibility index (Phi) is 12.5. The Morgan fingerprint density at radius 2 is 1.91 bits per heavy atom. The Labute approximate surface area is 205 Å². The van der Waals surface area contributed by atoms with Crippen LogP contribution in [0.15, 0.2) is 54.3 Å². The number of amides is 2. The third-order valence-electron chi connectivity index (χ3n) is 4.34. The van der Waals surface area contributed by atoms with Crippen molar-refractivity contribution >= 4 is 26.0 Å². The number of methoxy groups -OCH3 is 1. The van der Waals surface area contributed by atoms with Crippen LogP contribution in [-0.2, 0) is 28.2 Å². The molecule has 2 amide bonds. The number of esters is 1.